The molecule has 0 bridgehead atoms. The van der Waals surface area contributed by atoms with Crippen molar-refractivity contribution in [3.8, 4) is 11.5 Å². The molecule has 6 rings (SSSR count). The monoisotopic (exact) mass is 620 g/mol. The number of H-pyrrole nitrogens is 1. The number of hydrogen-bond donors (Lipinski definition) is 3. The number of aromatic amines is 1. The van der Waals surface area contributed by atoms with E-state index in [4.69, 9.17) is 9.47 Å². The lowest BCUT2D eigenvalue weighted by molar-refractivity contribution is -0.384. The summed E-state index contributed by atoms with van der Waals surface area (Å²) < 4.78 is 40.0. The molecule has 1 aromatic heterocycles. The van der Waals surface area contributed by atoms with Crippen molar-refractivity contribution in [3.63, 3.8) is 0 Å². The first kappa shape index (κ1) is 29.5. The van der Waals surface area contributed by atoms with E-state index in [1.165, 1.54) is 18.2 Å². The lowest BCUT2D eigenvalue weighted by Crippen LogP contribution is -2.46. The number of nitrogens with zero attached hydrogens (tertiary/aromatic N) is 3. The zero-order valence-electron chi connectivity index (χ0n) is 23.8. The van der Waals surface area contributed by atoms with E-state index in [0.717, 1.165) is 63.6 Å². The molecule has 2 fully saturated rings. The van der Waals surface area contributed by atoms with E-state index in [1.807, 2.05) is 10.8 Å². The second kappa shape index (κ2) is 12.6. The molecule has 0 spiro atoms. The summed E-state index contributed by atoms with van der Waals surface area (Å²) in [7, 11) is -4.47. The van der Waals surface area contributed by atoms with Gasteiger partial charge in [-0.1, -0.05) is 18.2 Å². The van der Waals surface area contributed by atoms with E-state index in [2.05, 4.69) is 20.4 Å². The van der Waals surface area contributed by atoms with Gasteiger partial charge in [0.15, 0.2) is 0 Å². The van der Waals surface area contributed by atoms with Crippen LogP contribution in [-0.2, 0) is 14.8 Å². The maximum Gasteiger partial charge on any atom is 0.293 e. The van der Waals surface area contributed by atoms with Gasteiger partial charge in [0.05, 0.1) is 45.7 Å². The Morgan fingerprint density at radius 1 is 1.02 bits per heavy atom. The van der Waals surface area contributed by atoms with Crippen molar-refractivity contribution in [1.29, 1.82) is 0 Å². The predicted octanol–water partition coefficient (Wildman–Crippen LogP) is 4.44. The topological polar surface area (TPSA) is 169 Å². The molecule has 1 aliphatic heterocycles. The molecule has 14 heteroatoms. The highest BCUT2D eigenvalue weighted by Crippen LogP contribution is 2.33. The fourth-order valence-corrected chi connectivity index (χ4v) is 6.81. The third kappa shape index (κ3) is 6.37. The van der Waals surface area contributed by atoms with E-state index >= 15 is 0 Å². The van der Waals surface area contributed by atoms with Gasteiger partial charge >= 0.3 is 0 Å². The summed E-state index contributed by atoms with van der Waals surface area (Å²) in [5, 5.41) is 22.8. The summed E-state index contributed by atoms with van der Waals surface area (Å²) in [6.07, 6.45) is 5.19. The Kier molecular flexibility index (Phi) is 8.46. The standard InChI is InChI=1S/C30H32N6O7S/c37-30(23-4-1-2-6-28(23)43-29-7-3-5-25-24(29)19-31-33-25)34-44(40,41)22-12-13-26(27(18-22)36(38)39)32-20-8-10-21(11-9-20)35-14-16-42-17-15-35/h1-7,12-13,18-21,32H,8-11,14-17H2,(H,31,33)(H,34,37). The van der Waals surface area contributed by atoms with Crippen molar-refractivity contribution in [3.05, 3.63) is 82.5 Å². The van der Waals surface area contributed by atoms with Crippen LogP contribution in [-0.4, -0.2) is 72.7 Å². The smallest absolute Gasteiger partial charge is 0.293 e. The number of para-hydroxylation sites is 1. The van der Waals surface area contributed by atoms with E-state index < -0.39 is 25.7 Å². The van der Waals surface area contributed by atoms with Crippen molar-refractivity contribution in [1.82, 2.24) is 19.8 Å². The number of ether oxygens (including phenoxy) is 2. The molecule has 3 aromatic carbocycles. The molecule has 3 N–H and O–H groups in total. The van der Waals surface area contributed by atoms with Crippen molar-refractivity contribution < 1.29 is 27.6 Å². The molecule has 2 heterocycles. The van der Waals surface area contributed by atoms with Gasteiger partial charge in [0, 0.05) is 31.2 Å². The van der Waals surface area contributed by atoms with Crippen LogP contribution in [0.15, 0.2) is 71.8 Å². The number of hydrogen-bond acceptors (Lipinski definition) is 10. The highest BCUT2D eigenvalue weighted by Gasteiger charge is 2.29. The third-order valence-corrected chi connectivity index (χ3v) is 9.45. The lowest BCUT2D eigenvalue weighted by Gasteiger charge is -2.39. The Morgan fingerprint density at radius 3 is 2.55 bits per heavy atom. The number of carbonyl (C=O) groups excluding carboxylic acids is 1. The molecule has 4 aromatic rings. The number of sulfonamides is 1. The van der Waals surface area contributed by atoms with E-state index in [0.29, 0.717) is 17.2 Å². The maximum absolute atomic E-state index is 13.2. The van der Waals surface area contributed by atoms with Gasteiger partial charge in [-0.05, 0) is 62.1 Å². The van der Waals surface area contributed by atoms with Crippen molar-refractivity contribution in [2.24, 2.45) is 0 Å². The van der Waals surface area contributed by atoms with Crippen LogP contribution < -0.4 is 14.8 Å². The van der Waals surface area contributed by atoms with E-state index in [9.17, 15) is 23.3 Å². The van der Waals surface area contributed by atoms with Crippen molar-refractivity contribution >= 4 is 38.2 Å². The first-order valence-electron chi connectivity index (χ1n) is 14.4. The summed E-state index contributed by atoms with van der Waals surface area (Å²) >= 11 is 0. The molecule has 0 unspecified atom stereocenters. The number of morpholine rings is 1. The van der Waals surface area contributed by atoms with Crippen LogP contribution in [0.1, 0.15) is 36.0 Å². The van der Waals surface area contributed by atoms with Crippen LogP contribution in [0, 0.1) is 10.1 Å². The second-order valence-electron chi connectivity index (χ2n) is 10.9. The average molecular weight is 621 g/mol. The number of amides is 1. The molecule has 1 saturated carbocycles. The summed E-state index contributed by atoms with van der Waals surface area (Å²) in [5.74, 6) is -0.391. The zero-order valence-corrected chi connectivity index (χ0v) is 24.6. The zero-order chi connectivity index (χ0) is 30.7. The van der Waals surface area contributed by atoms with Gasteiger partial charge in [-0.2, -0.15) is 5.10 Å². The van der Waals surface area contributed by atoms with Crippen LogP contribution in [0.2, 0.25) is 0 Å². The molecule has 0 radical (unpaired) electrons. The minimum atomic E-state index is -4.47. The van der Waals surface area contributed by atoms with E-state index in [1.54, 1.807) is 36.5 Å². The van der Waals surface area contributed by atoms with Crippen LogP contribution in [0.4, 0.5) is 11.4 Å². The summed E-state index contributed by atoms with van der Waals surface area (Å²) in [6.45, 7) is 3.31. The predicted molar refractivity (Wildman–Crippen MR) is 162 cm³/mol. The van der Waals surface area contributed by atoms with Gasteiger partial charge < -0.3 is 14.8 Å². The molecule has 13 nitrogen and oxygen atoms in total. The Hall–Kier alpha value is -4.53. The van der Waals surface area contributed by atoms with Crippen LogP contribution in [0.5, 0.6) is 11.5 Å². The van der Waals surface area contributed by atoms with Gasteiger partial charge in [-0.3, -0.25) is 24.9 Å². The first-order valence-corrected chi connectivity index (χ1v) is 15.9. The number of fused-ring (bicyclic) bond motifs is 1. The SMILES string of the molecule is O=C(NS(=O)(=O)c1ccc(NC2CCC(N3CCOCC3)CC2)c([N+](=O)[O-])c1)c1ccccc1Oc1cccc2[nH]ncc12. The van der Waals surface area contributed by atoms with Crippen molar-refractivity contribution in [2.45, 2.75) is 42.7 Å². The van der Waals surface area contributed by atoms with Gasteiger partial charge in [-0.15, -0.1) is 0 Å². The van der Waals surface area contributed by atoms with Crippen LogP contribution in [0.3, 0.4) is 0 Å². The van der Waals surface area contributed by atoms with Gasteiger partial charge in [0.1, 0.15) is 17.2 Å². The number of anilines is 1. The number of nitrogens with one attached hydrogen (secondary N) is 3. The fourth-order valence-electron chi connectivity index (χ4n) is 5.83. The summed E-state index contributed by atoms with van der Waals surface area (Å²) in [6, 6.07) is 15.6. The second-order valence-corrected chi connectivity index (χ2v) is 12.5. The largest absolute Gasteiger partial charge is 0.456 e. The minimum absolute atomic E-state index is 0.0255. The fraction of sp³-hybridized carbons (Fsp3) is 0.333. The quantitative estimate of drug-likeness (QED) is 0.180. The maximum atomic E-state index is 13.2. The lowest BCUT2D eigenvalue weighted by atomic mass is 9.89. The number of nitro benzene ring substituents is 1. The Bertz CT molecular complexity index is 1780. The van der Waals surface area contributed by atoms with Crippen LogP contribution >= 0.6 is 0 Å². The molecule has 1 saturated heterocycles. The number of aromatic nitrogens is 2. The number of nitro groups is 1. The van der Waals surface area contributed by atoms with Gasteiger partial charge in [0.25, 0.3) is 21.6 Å². The highest BCUT2D eigenvalue weighted by atomic mass is 32.2. The Labute approximate surface area is 253 Å². The molecule has 230 valence electrons. The normalized spacial score (nSPS) is 19.4. The highest BCUT2D eigenvalue weighted by molar-refractivity contribution is 7.90. The van der Waals surface area contributed by atoms with Crippen LogP contribution in [0.25, 0.3) is 10.9 Å². The van der Waals surface area contributed by atoms with Crippen molar-refractivity contribution in [2.75, 3.05) is 31.6 Å². The van der Waals surface area contributed by atoms with Gasteiger partial charge in [0.2, 0.25) is 0 Å². The molecule has 2 aliphatic rings. The Balaban J connectivity index is 1.15. The summed E-state index contributed by atoms with van der Waals surface area (Å²) in [5.41, 5.74) is 0.555. The number of benzene rings is 3. The average Bonchev–Trinajstić information content (AvgIpc) is 3.52. The molecule has 0 atom stereocenters. The molecular weight excluding hydrogens is 588 g/mol. The van der Waals surface area contributed by atoms with E-state index in [-0.39, 0.29) is 28.7 Å². The summed E-state index contributed by atoms with van der Waals surface area (Å²) in [4.78, 5) is 26.6. The molecule has 44 heavy (non-hydrogen) atoms. The number of carbonyl (C=O) groups is 1. The molecular formula is C30H32N6O7S. The number of rotatable bonds is 9. The minimum Gasteiger partial charge on any atom is -0.456 e. The molecule has 1 amide bonds. The molecule has 1 aliphatic carbocycles. The third-order valence-electron chi connectivity index (χ3n) is 8.12. The van der Waals surface area contributed by atoms with Gasteiger partial charge in [-0.25, -0.2) is 13.1 Å². The first-order chi connectivity index (χ1) is 21.3. The Morgan fingerprint density at radius 2 is 1.77 bits per heavy atom.